The minimum Gasteiger partial charge on any atom is -0.399 e. The number of para-hydroxylation sites is 1. The highest BCUT2D eigenvalue weighted by atomic mass is 16.1. The summed E-state index contributed by atoms with van der Waals surface area (Å²) in [6.07, 6.45) is 7.27. The first-order chi connectivity index (χ1) is 7.33. The zero-order chi connectivity index (χ0) is 10.9. The maximum atomic E-state index is 10.2. The number of aldehydes is 1. The van der Waals surface area contributed by atoms with Crippen molar-refractivity contribution in [3.05, 3.63) is 30.3 Å². The van der Waals surface area contributed by atoms with E-state index < -0.39 is 0 Å². The lowest BCUT2D eigenvalue weighted by atomic mass is 9.91. The summed E-state index contributed by atoms with van der Waals surface area (Å²) >= 11 is 0. The average Bonchev–Trinajstić information content (AvgIpc) is 2.32. The van der Waals surface area contributed by atoms with Crippen molar-refractivity contribution in [2.24, 2.45) is 5.92 Å². The van der Waals surface area contributed by atoms with Crippen LogP contribution < -0.4 is 5.73 Å². The van der Waals surface area contributed by atoms with E-state index in [1.807, 2.05) is 30.3 Å². The van der Waals surface area contributed by atoms with Crippen molar-refractivity contribution in [2.75, 3.05) is 5.73 Å². The fourth-order valence-electron chi connectivity index (χ4n) is 1.72. The summed E-state index contributed by atoms with van der Waals surface area (Å²) in [6.45, 7) is 0. The van der Waals surface area contributed by atoms with E-state index in [1.54, 1.807) is 0 Å². The molecule has 0 saturated heterocycles. The predicted molar refractivity (Wildman–Crippen MR) is 63.5 cm³/mol. The van der Waals surface area contributed by atoms with Crippen LogP contribution in [0.15, 0.2) is 30.3 Å². The van der Waals surface area contributed by atoms with Crippen LogP contribution in [0.25, 0.3) is 0 Å². The van der Waals surface area contributed by atoms with Crippen LogP contribution in [0.2, 0.25) is 0 Å². The lowest BCUT2D eigenvalue weighted by molar-refractivity contribution is -0.111. The van der Waals surface area contributed by atoms with Crippen molar-refractivity contribution in [3.8, 4) is 0 Å². The Kier molecular flexibility index (Phi) is 5.52. The minimum atomic E-state index is 0.406. The minimum absolute atomic E-state index is 0.406. The van der Waals surface area contributed by atoms with Gasteiger partial charge in [-0.05, 0) is 25.0 Å². The van der Waals surface area contributed by atoms with Gasteiger partial charge in [0.1, 0.15) is 6.29 Å². The number of hydrogen-bond acceptors (Lipinski definition) is 2. The molecule has 0 amide bonds. The van der Waals surface area contributed by atoms with Crippen molar-refractivity contribution >= 4 is 12.0 Å². The molecule has 1 aliphatic carbocycles. The van der Waals surface area contributed by atoms with Gasteiger partial charge < -0.3 is 10.5 Å². The molecule has 0 radical (unpaired) electrons. The van der Waals surface area contributed by atoms with Gasteiger partial charge in [-0.2, -0.15) is 0 Å². The molecule has 0 heterocycles. The Bertz CT molecular complexity index is 265. The molecule has 2 heteroatoms. The van der Waals surface area contributed by atoms with Crippen LogP contribution in [0.4, 0.5) is 5.69 Å². The van der Waals surface area contributed by atoms with Crippen LogP contribution in [-0.2, 0) is 4.79 Å². The van der Waals surface area contributed by atoms with Gasteiger partial charge in [-0.3, -0.25) is 0 Å². The predicted octanol–water partition coefficient (Wildman–Crippen LogP) is 3.03. The molecule has 15 heavy (non-hydrogen) atoms. The number of benzene rings is 1. The van der Waals surface area contributed by atoms with Gasteiger partial charge >= 0.3 is 0 Å². The topological polar surface area (TPSA) is 43.1 Å². The van der Waals surface area contributed by atoms with E-state index in [4.69, 9.17) is 5.73 Å². The molecule has 0 aromatic heterocycles. The zero-order valence-electron chi connectivity index (χ0n) is 9.06. The highest BCUT2D eigenvalue weighted by molar-refractivity contribution is 5.53. The Morgan fingerprint density at radius 3 is 2.00 bits per heavy atom. The SMILES string of the molecule is Nc1ccccc1.O=CC1CCCCC1. The van der Waals surface area contributed by atoms with Crippen LogP contribution in [-0.4, -0.2) is 6.29 Å². The van der Waals surface area contributed by atoms with Gasteiger partial charge in [0.15, 0.2) is 0 Å². The summed E-state index contributed by atoms with van der Waals surface area (Å²) in [6, 6.07) is 9.49. The molecular formula is C13H19NO. The van der Waals surface area contributed by atoms with Crippen molar-refractivity contribution in [1.82, 2.24) is 0 Å². The number of carbonyl (C=O) groups is 1. The molecule has 0 unspecified atom stereocenters. The maximum Gasteiger partial charge on any atom is 0.123 e. The lowest BCUT2D eigenvalue weighted by Crippen LogP contribution is -2.06. The van der Waals surface area contributed by atoms with E-state index in [-0.39, 0.29) is 0 Å². The summed E-state index contributed by atoms with van der Waals surface area (Å²) < 4.78 is 0. The number of nitrogen functional groups attached to an aromatic ring is 1. The van der Waals surface area contributed by atoms with Gasteiger partial charge in [0.2, 0.25) is 0 Å². The van der Waals surface area contributed by atoms with Crippen LogP contribution in [0.3, 0.4) is 0 Å². The highest BCUT2D eigenvalue weighted by Gasteiger charge is 2.10. The molecule has 1 saturated carbocycles. The summed E-state index contributed by atoms with van der Waals surface area (Å²) in [5.41, 5.74) is 6.18. The van der Waals surface area contributed by atoms with Crippen LogP contribution in [0, 0.1) is 5.92 Å². The molecule has 82 valence electrons. The monoisotopic (exact) mass is 205 g/mol. The van der Waals surface area contributed by atoms with E-state index in [9.17, 15) is 4.79 Å². The molecule has 1 aliphatic rings. The standard InChI is InChI=1S/C7H12O.C6H7N/c8-6-7-4-2-1-3-5-7;7-6-4-2-1-3-5-6/h6-7H,1-5H2;1-5H,7H2. The third-order valence-electron chi connectivity index (χ3n) is 2.64. The Hall–Kier alpha value is -1.31. The first-order valence-corrected chi connectivity index (χ1v) is 5.58. The molecule has 1 aromatic carbocycles. The fraction of sp³-hybridized carbons (Fsp3) is 0.462. The lowest BCUT2D eigenvalue weighted by Gasteiger charge is -2.14. The number of carbonyl (C=O) groups excluding carboxylic acids is 1. The molecule has 1 fully saturated rings. The van der Waals surface area contributed by atoms with Gasteiger partial charge in [0, 0.05) is 11.6 Å². The zero-order valence-corrected chi connectivity index (χ0v) is 9.06. The molecule has 0 atom stereocenters. The van der Waals surface area contributed by atoms with Crippen molar-refractivity contribution in [3.63, 3.8) is 0 Å². The van der Waals surface area contributed by atoms with E-state index in [1.165, 1.54) is 19.3 Å². The van der Waals surface area contributed by atoms with E-state index >= 15 is 0 Å². The molecule has 2 rings (SSSR count). The van der Waals surface area contributed by atoms with Crippen molar-refractivity contribution in [2.45, 2.75) is 32.1 Å². The fourth-order valence-corrected chi connectivity index (χ4v) is 1.72. The second kappa shape index (κ2) is 7.04. The van der Waals surface area contributed by atoms with Gasteiger partial charge in [0.25, 0.3) is 0 Å². The summed E-state index contributed by atoms with van der Waals surface area (Å²) in [5, 5.41) is 0. The van der Waals surface area contributed by atoms with Crippen LogP contribution in [0.5, 0.6) is 0 Å². The third-order valence-corrected chi connectivity index (χ3v) is 2.64. The first kappa shape index (κ1) is 11.8. The van der Waals surface area contributed by atoms with Crippen LogP contribution in [0.1, 0.15) is 32.1 Å². The third kappa shape index (κ3) is 5.21. The van der Waals surface area contributed by atoms with E-state index in [2.05, 4.69) is 0 Å². The van der Waals surface area contributed by atoms with E-state index in [0.717, 1.165) is 24.8 Å². The molecule has 2 N–H and O–H groups in total. The molecule has 0 bridgehead atoms. The van der Waals surface area contributed by atoms with Gasteiger partial charge in [-0.15, -0.1) is 0 Å². The first-order valence-electron chi connectivity index (χ1n) is 5.58. The smallest absolute Gasteiger partial charge is 0.123 e. The normalized spacial score (nSPS) is 16.3. The second-order valence-corrected chi connectivity index (χ2v) is 3.94. The largest absolute Gasteiger partial charge is 0.399 e. The summed E-state index contributed by atoms with van der Waals surface area (Å²) in [4.78, 5) is 10.2. The summed E-state index contributed by atoms with van der Waals surface area (Å²) in [5.74, 6) is 0.406. The van der Waals surface area contributed by atoms with Gasteiger partial charge in [-0.1, -0.05) is 37.5 Å². The Morgan fingerprint density at radius 2 is 1.67 bits per heavy atom. The molecular weight excluding hydrogens is 186 g/mol. The average molecular weight is 205 g/mol. The number of rotatable bonds is 1. The highest BCUT2D eigenvalue weighted by Crippen LogP contribution is 2.21. The molecule has 0 spiro atoms. The Balaban J connectivity index is 0.000000151. The summed E-state index contributed by atoms with van der Waals surface area (Å²) in [7, 11) is 0. The molecule has 1 aromatic rings. The van der Waals surface area contributed by atoms with Crippen molar-refractivity contribution in [1.29, 1.82) is 0 Å². The molecule has 2 nitrogen and oxygen atoms in total. The number of anilines is 1. The molecule has 0 aliphatic heterocycles. The van der Waals surface area contributed by atoms with Crippen LogP contribution >= 0.6 is 0 Å². The Labute approximate surface area is 91.5 Å². The number of nitrogens with two attached hydrogens (primary N) is 1. The van der Waals surface area contributed by atoms with Crippen molar-refractivity contribution < 1.29 is 4.79 Å². The quantitative estimate of drug-likeness (QED) is 0.565. The van der Waals surface area contributed by atoms with Gasteiger partial charge in [0.05, 0.1) is 0 Å². The maximum absolute atomic E-state index is 10.2. The van der Waals surface area contributed by atoms with Gasteiger partial charge in [-0.25, -0.2) is 0 Å². The second-order valence-electron chi connectivity index (χ2n) is 3.94. The van der Waals surface area contributed by atoms with E-state index in [0.29, 0.717) is 5.92 Å². The Morgan fingerprint density at radius 1 is 1.07 bits per heavy atom. The number of hydrogen-bond donors (Lipinski definition) is 1.